The van der Waals surface area contributed by atoms with E-state index in [1.165, 1.54) is 5.56 Å². The number of nitrogens with zero attached hydrogens (tertiary/aromatic N) is 1. The molecule has 1 amide bonds. The maximum atomic E-state index is 12.0. The second-order valence-electron chi connectivity index (χ2n) is 5.27. The Morgan fingerprint density at radius 2 is 2.00 bits per heavy atom. The van der Waals surface area contributed by atoms with E-state index in [2.05, 4.69) is 15.5 Å². The minimum absolute atomic E-state index is 0.0305. The maximum absolute atomic E-state index is 12.0. The average molecular weight is 301 g/mol. The second-order valence-corrected chi connectivity index (χ2v) is 5.27. The van der Waals surface area contributed by atoms with Gasteiger partial charge in [-0.25, -0.2) is 0 Å². The van der Waals surface area contributed by atoms with Gasteiger partial charge in [0.05, 0.1) is 18.7 Å². The van der Waals surface area contributed by atoms with Crippen LogP contribution in [0.5, 0.6) is 5.75 Å². The van der Waals surface area contributed by atoms with Gasteiger partial charge in [0, 0.05) is 12.2 Å². The van der Waals surface area contributed by atoms with Crippen LogP contribution in [-0.2, 0) is 17.6 Å². The maximum Gasteiger partial charge on any atom is 0.224 e. The second kappa shape index (κ2) is 7.64. The summed E-state index contributed by atoms with van der Waals surface area (Å²) in [7, 11) is 0. The van der Waals surface area contributed by atoms with E-state index < -0.39 is 0 Å². The summed E-state index contributed by atoms with van der Waals surface area (Å²) in [5.41, 5.74) is 4.23. The van der Waals surface area contributed by atoms with Crippen LogP contribution in [0, 0.1) is 13.8 Å². The van der Waals surface area contributed by atoms with Crippen LogP contribution in [0.3, 0.4) is 0 Å². The van der Waals surface area contributed by atoms with Crippen molar-refractivity contribution in [2.75, 3.05) is 13.2 Å². The first-order valence-electron chi connectivity index (χ1n) is 7.59. The molecular weight excluding hydrogens is 278 g/mol. The molecule has 0 aliphatic rings. The quantitative estimate of drug-likeness (QED) is 0.825. The van der Waals surface area contributed by atoms with Gasteiger partial charge in [-0.2, -0.15) is 5.10 Å². The number of hydrogen-bond donors (Lipinski definition) is 2. The molecule has 0 aliphatic heterocycles. The van der Waals surface area contributed by atoms with Crippen LogP contribution in [0.1, 0.15) is 29.4 Å². The Bertz CT molecular complexity index is 598. The fraction of sp³-hybridized carbons (Fsp3) is 0.412. The number of rotatable bonds is 7. The van der Waals surface area contributed by atoms with Gasteiger partial charge in [-0.1, -0.05) is 12.1 Å². The van der Waals surface area contributed by atoms with Crippen LogP contribution in [-0.4, -0.2) is 29.3 Å². The summed E-state index contributed by atoms with van der Waals surface area (Å²) in [5, 5.41) is 10.1. The van der Waals surface area contributed by atoms with Crippen LogP contribution in [0.4, 0.5) is 0 Å². The molecule has 0 aliphatic carbocycles. The molecule has 2 N–H and O–H groups in total. The Hall–Kier alpha value is -2.30. The van der Waals surface area contributed by atoms with Gasteiger partial charge in [0.25, 0.3) is 0 Å². The highest BCUT2D eigenvalue weighted by molar-refractivity contribution is 5.78. The van der Waals surface area contributed by atoms with Crippen molar-refractivity contribution in [2.24, 2.45) is 0 Å². The van der Waals surface area contributed by atoms with Crippen molar-refractivity contribution < 1.29 is 9.53 Å². The molecule has 1 heterocycles. The molecular formula is C17H23N3O2. The molecule has 2 aromatic rings. The zero-order chi connectivity index (χ0) is 15.9. The molecule has 5 nitrogen and oxygen atoms in total. The van der Waals surface area contributed by atoms with Crippen molar-refractivity contribution in [1.82, 2.24) is 15.5 Å². The Morgan fingerprint density at radius 1 is 1.27 bits per heavy atom. The summed E-state index contributed by atoms with van der Waals surface area (Å²) < 4.78 is 5.39. The van der Waals surface area contributed by atoms with Gasteiger partial charge in [-0.05, 0) is 50.5 Å². The molecule has 0 atom stereocenters. The van der Waals surface area contributed by atoms with Crippen molar-refractivity contribution in [1.29, 1.82) is 0 Å². The monoisotopic (exact) mass is 301 g/mol. The molecule has 2 rings (SSSR count). The van der Waals surface area contributed by atoms with E-state index in [0.717, 1.165) is 29.1 Å². The van der Waals surface area contributed by atoms with Crippen molar-refractivity contribution >= 4 is 5.91 Å². The van der Waals surface area contributed by atoms with Gasteiger partial charge in [-0.3, -0.25) is 9.89 Å². The standard InChI is InChI=1S/C17H23N3O2/c1-4-22-15-7-5-14(6-8-15)11-17(21)18-10-9-16-12(2)19-20-13(16)3/h5-8H,4,9-11H2,1-3H3,(H,18,21)(H,19,20). The number of carbonyl (C=O) groups excluding carboxylic acids is 1. The SMILES string of the molecule is CCOc1ccc(CC(=O)NCCc2c(C)n[nH]c2C)cc1. The minimum atomic E-state index is 0.0305. The fourth-order valence-corrected chi connectivity index (χ4v) is 2.39. The minimum Gasteiger partial charge on any atom is -0.494 e. The van der Waals surface area contributed by atoms with Gasteiger partial charge in [0.1, 0.15) is 5.75 Å². The van der Waals surface area contributed by atoms with E-state index in [0.29, 0.717) is 19.6 Å². The summed E-state index contributed by atoms with van der Waals surface area (Å²) in [5.74, 6) is 0.862. The molecule has 5 heteroatoms. The molecule has 0 saturated heterocycles. The summed E-state index contributed by atoms with van der Waals surface area (Å²) >= 11 is 0. The number of amides is 1. The first-order valence-corrected chi connectivity index (χ1v) is 7.59. The molecule has 0 unspecified atom stereocenters. The highest BCUT2D eigenvalue weighted by Crippen LogP contribution is 2.12. The van der Waals surface area contributed by atoms with E-state index in [9.17, 15) is 4.79 Å². The number of hydrogen-bond acceptors (Lipinski definition) is 3. The summed E-state index contributed by atoms with van der Waals surface area (Å²) in [6.45, 7) is 7.19. The lowest BCUT2D eigenvalue weighted by Crippen LogP contribution is -2.27. The predicted octanol–water partition coefficient (Wildman–Crippen LogP) is 2.33. The van der Waals surface area contributed by atoms with E-state index >= 15 is 0 Å². The van der Waals surface area contributed by atoms with Crippen LogP contribution >= 0.6 is 0 Å². The van der Waals surface area contributed by atoms with E-state index in [-0.39, 0.29) is 5.91 Å². The summed E-state index contributed by atoms with van der Waals surface area (Å²) in [6.07, 6.45) is 1.18. The Morgan fingerprint density at radius 3 is 2.59 bits per heavy atom. The molecule has 118 valence electrons. The highest BCUT2D eigenvalue weighted by atomic mass is 16.5. The van der Waals surface area contributed by atoms with Crippen LogP contribution < -0.4 is 10.1 Å². The Balaban J connectivity index is 1.78. The zero-order valence-corrected chi connectivity index (χ0v) is 13.4. The number of carbonyl (C=O) groups is 1. The number of aromatic nitrogens is 2. The summed E-state index contributed by atoms with van der Waals surface area (Å²) in [4.78, 5) is 12.0. The van der Waals surface area contributed by atoms with E-state index in [1.807, 2.05) is 45.0 Å². The van der Waals surface area contributed by atoms with Crippen LogP contribution in [0.2, 0.25) is 0 Å². The van der Waals surface area contributed by atoms with Crippen LogP contribution in [0.25, 0.3) is 0 Å². The number of H-pyrrole nitrogens is 1. The zero-order valence-electron chi connectivity index (χ0n) is 13.4. The van der Waals surface area contributed by atoms with Gasteiger partial charge >= 0.3 is 0 Å². The molecule has 0 spiro atoms. The number of ether oxygens (including phenoxy) is 1. The van der Waals surface area contributed by atoms with Gasteiger partial charge in [-0.15, -0.1) is 0 Å². The average Bonchev–Trinajstić information content (AvgIpc) is 2.81. The largest absolute Gasteiger partial charge is 0.494 e. The number of benzene rings is 1. The molecule has 0 fully saturated rings. The molecule has 0 bridgehead atoms. The lowest BCUT2D eigenvalue weighted by Gasteiger charge is -2.07. The van der Waals surface area contributed by atoms with Gasteiger partial charge in [0.15, 0.2) is 0 Å². The number of aromatic amines is 1. The summed E-state index contributed by atoms with van der Waals surface area (Å²) in [6, 6.07) is 7.64. The van der Waals surface area contributed by atoms with Gasteiger partial charge < -0.3 is 10.1 Å². The van der Waals surface area contributed by atoms with Crippen molar-refractivity contribution in [3.8, 4) is 5.75 Å². The normalized spacial score (nSPS) is 10.5. The molecule has 1 aromatic heterocycles. The van der Waals surface area contributed by atoms with E-state index in [1.54, 1.807) is 0 Å². The van der Waals surface area contributed by atoms with Crippen molar-refractivity contribution in [3.05, 3.63) is 46.8 Å². The third-order valence-electron chi connectivity index (χ3n) is 3.58. The number of nitrogens with one attached hydrogen (secondary N) is 2. The van der Waals surface area contributed by atoms with Crippen LogP contribution in [0.15, 0.2) is 24.3 Å². The number of aryl methyl sites for hydroxylation is 2. The van der Waals surface area contributed by atoms with Gasteiger partial charge in [0.2, 0.25) is 5.91 Å². The molecule has 22 heavy (non-hydrogen) atoms. The Labute approximate surface area is 131 Å². The van der Waals surface area contributed by atoms with Crippen molar-refractivity contribution in [2.45, 2.75) is 33.6 Å². The lowest BCUT2D eigenvalue weighted by atomic mass is 10.1. The third kappa shape index (κ3) is 4.35. The third-order valence-corrected chi connectivity index (χ3v) is 3.58. The smallest absolute Gasteiger partial charge is 0.224 e. The lowest BCUT2D eigenvalue weighted by molar-refractivity contribution is -0.120. The highest BCUT2D eigenvalue weighted by Gasteiger charge is 2.07. The topological polar surface area (TPSA) is 67.0 Å². The van der Waals surface area contributed by atoms with E-state index in [4.69, 9.17) is 4.74 Å². The Kier molecular flexibility index (Phi) is 5.58. The first kappa shape index (κ1) is 16.1. The first-order chi connectivity index (χ1) is 10.6. The van der Waals surface area contributed by atoms with Crippen molar-refractivity contribution in [3.63, 3.8) is 0 Å². The molecule has 0 radical (unpaired) electrons. The molecule has 0 saturated carbocycles. The predicted molar refractivity (Wildman–Crippen MR) is 86.1 cm³/mol. The fourth-order valence-electron chi connectivity index (χ4n) is 2.39. The molecule has 1 aromatic carbocycles.